The average molecular weight is 653 g/mol. The van der Waals surface area contributed by atoms with Crippen molar-refractivity contribution in [2.45, 2.75) is 35.1 Å². The molecule has 1 aromatic heterocycles. The lowest BCUT2D eigenvalue weighted by atomic mass is 9.98. The molecule has 0 unspecified atom stereocenters. The van der Waals surface area contributed by atoms with Gasteiger partial charge in [-0.05, 0) is 61.2 Å². The molecule has 37 heavy (non-hydrogen) atoms. The van der Waals surface area contributed by atoms with E-state index in [4.69, 9.17) is 0 Å². The number of nitrogens with zero attached hydrogens (tertiary/aromatic N) is 5. The van der Waals surface area contributed by atoms with Crippen molar-refractivity contribution in [3.63, 3.8) is 0 Å². The molecule has 3 aromatic rings. The fourth-order valence-corrected chi connectivity index (χ4v) is 7.11. The van der Waals surface area contributed by atoms with E-state index in [1.165, 1.54) is 23.1 Å². The van der Waals surface area contributed by atoms with E-state index in [-0.39, 0.29) is 22.0 Å². The third kappa shape index (κ3) is 5.70. The molecule has 1 amide bonds. The Hall–Kier alpha value is -2.45. The maximum absolute atomic E-state index is 13.4. The molecule has 12 heteroatoms. The quantitative estimate of drug-likeness (QED) is 0.307. The van der Waals surface area contributed by atoms with Crippen LogP contribution in [0.4, 0.5) is 16.5 Å². The maximum Gasteiger partial charge on any atom is 0.263 e. The first-order chi connectivity index (χ1) is 17.9. The van der Waals surface area contributed by atoms with Crippen LogP contribution in [-0.4, -0.2) is 67.3 Å². The van der Waals surface area contributed by atoms with Crippen molar-refractivity contribution in [2.24, 2.45) is 0 Å². The maximum atomic E-state index is 13.4. The lowest BCUT2D eigenvalue weighted by Crippen LogP contribution is -2.55. The molecule has 2 aromatic carbocycles. The van der Waals surface area contributed by atoms with Crippen LogP contribution in [0.2, 0.25) is 0 Å². The molecule has 2 aliphatic heterocycles. The van der Waals surface area contributed by atoms with Gasteiger partial charge in [0.15, 0.2) is 0 Å². The van der Waals surface area contributed by atoms with Gasteiger partial charge in [-0.15, -0.1) is 0 Å². The number of hydrogen-bond donors (Lipinski definition) is 1. The van der Waals surface area contributed by atoms with Crippen LogP contribution in [0.5, 0.6) is 0 Å². The topological polar surface area (TPSA) is 98.7 Å². The van der Waals surface area contributed by atoms with Crippen LogP contribution in [0, 0.1) is 0 Å². The summed E-state index contributed by atoms with van der Waals surface area (Å²) in [6, 6.07) is 13.2. The highest BCUT2D eigenvalue weighted by Crippen LogP contribution is 2.31. The second-order valence-electron chi connectivity index (χ2n) is 9.23. The summed E-state index contributed by atoms with van der Waals surface area (Å²) in [4.78, 5) is 23.9. The third-order valence-corrected chi connectivity index (χ3v) is 9.91. The number of anilines is 3. The largest absolute Gasteiger partial charge is 0.368 e. The lowest BCUT2D eigenvalue weighted by Gasteiger charge is -2.41. The van der Waals surface area contributed by atoms with Gasteiger partial charge in [0.1, 0.15) is 12.4 Å². The van der Waals surface area contributed by atoms with Crippen molar-refractivity contribution in [2.75, 3.05) is 47.2 Å². The Morgan fingerprint density at radius 1 is 1.11 bits per heavy atom. The smallest absolute Gasteiger partial charge is 0.263 e. The molecular weight excluding hydrogens is 623 g/mol. The average Bonchev–Trinajstić information content (AvgIpc) is 3.44. The summed E-state index contributed by atoms with van der Waals surface area (Å²) in [7, 11) is -3.71. The zero-order valence-corrected chi connectivity index (χ0v) is 24.3. The first-order valence-corrected chi connectivity index (χ1v) is 16.0. The number of rotatable bonds is 7. The molecule has 0 saturated carbocycles. The predicted molar refractivity (Wildman–Crippen MR) is 155 cm³/mol. The van der Waals surface area contributed by atoms with Crippen LogP contribution >= 0.6 is 34.1 Å². The summed E-state index contributed by atoms with van der Waals surface area (Å²) < 4.78 is 32.4. The number of piperazine rings is 1. The monoisotopic (exact) mass is 652 g/mol. The minimum absolute atomic E-state index is 0.162. The fourth-order valence-electron chi connectivity index (χ4n) is 4.98. The van der Waals surface area contributed by atoms with Crippen LogP contribution in [0.15, 0.2) is 53.7 Å². The Kier molecular flexibility index (Phi) is 7.86. The Morgan fingerprint density at radius 2 is 1.86 bits per heavy atom. The predicted octanol–water partition coefficient (Wildman–Crippen LogP) is 3.76. The van der Waals surface area contributed by atoms with Gasteiger partial charge in [-0.1, -0.05) is 34.7 Å². The van der Waals surface area contributed by atoms with Gasteiger partial charge in [-0.2, -0.15) is 4.37 Å². The Bertz CT molecular complexity index is 1340. The summed E-state index contributed by atoms with van der Waals surface area (Å²) in [5.74, 6) is 0.162. The molecule has 1 N–H and O–H groups in total. The second kappa shape index (κ2) is 11.1. The van der Waals surface area contributed by atoms with E-state index in [1.807, 2.05) is 24.0 Å². The first kappa shape index (κ1) is 26.2. The molecule has 1 atom stereocenters. The van der Waals surface area contributed by atoms with Gasteiger partial charge < -0.3 is 14.7 Å². The number of nitrogens with one attached hydrogen (secondary N) is 1. The summed E-state index contributed by atoms with van der Waals surface area (Å²) in [6.45, 7) is 5.58. The van der Waals surface area contributed by atoms with E-state index in [0.29, 0.717) is 26.2 Å². The van der Waals surface area contributed by atoms with Gasteiger partial charge in [0.2, 0.25) is 11.0 Å². The number of benzene rings is 2. The summed E-state index contributed by atoms with van der Waals surface area (Å²) in [5, 5.41) is 0.234. The molecular formula is C25H29IN6O3S2. The molecule has 1 saturated heterocycles. The molecule has 0 radical (unpaired) electrons. The number of halogens is 1. The number of hydrogen-bond acceptors (Lipinski definition) is 8. The molecule has 0 bridgehead atoms. The summed E-state index contributed by atoms with van der Waals surface area (Å²) >= 11 is 3.38. The van der Waals surface area contributed by atoms with E-state index in [1.54, 1.807) is 12.1 Å². The molecule has 196 valence electrons. The van der Waals surface area contributed by atoms with Crippen LogP contribution < -0.4 is 14.5 Å². The number of alkyl halides is 1. The van der Waals surface area contributed by atoms with Crippen LogP contribution in [-0.2, 0) is 25.7 Å². The molecule has 1 fully saturated rings. The van der Waals surface area contributed by atoms with Crippen molar-refractivity contribution in [1.82, 2.24) is 14.3 Å². The van der Waals surface area contributed by atoms with Crippen LogP contribution in [0.25, 0.3) is 0 Å². The second-order valence-corrected chi connectivity index (χ2v) is 12.5. The van der Waals surface area contributed by atoms with Crippen LogP contribution in [0.3, 0.4) is 0 Å². The third-order valence-electron chi connectivity index (χ3n) is 6.96. The van der Waals surface area contributed by atoms with Crippen LogP contribution in [0.1, 0.15) is 24.5 Å². The molecule has 3 heterocycles. The first-order valence-electron chi connectivity index (χ1n) is 12.2. The van der Waals surface area contributed by atoms with Crippen molar-refractivity contribution < 1.29 is 13.2 Å². The van der Waals surface area contributed by atoms with E-state index in [0.717, 1.165) is 41.0 Å². The minimum Gasteiger partial charge on any atom is -0.368 e. The zero-order chi connectivity index (χ0) is 26.0. The number of fused-ring (bicyclic) bond motifs is 1. The Labute approximate surface area is 235 Å². The van der Waals surface area contributed by atoms with Crippen molar-refractivity contribution in [3.05, 3.63) is 59.9 Å². The normalized spacial score (nSPS) is 16.9. The number of aromatic nitrogens is 2. The highest BCUT2D eigenvalue weighted by molar-refractivity contribution is 14.1. The lowest BCUT2D eigenvalue weighted by molar-refractivity contribution is -0.132. The van der Waals surface area contributed by atoms with E-state index in [2.05, 4.69) is 64.7 Å². The highest BCUT2D eigenvalue weighted by atomic mass is 127. The van der Waals surface area contributed by atoms with Gasteiger partial charge in [-0.3, -0.25) is 9.52 Å². The van der Waals surface area contributed by atoms with Crippen molar-refractivity contribution in [1.29, 1.82) is 0 Å². The number of sulfonamides is 1. The molecule has 2 aliphatic rings. The standard InChI is InChI=1S/C25H29IN6O3S2/c1-18(32-10-2-3-20-15-19(16-26)4-9-23(20)32)24(33)31-13-11-30(12-14-31)21-5-7-22(8-6-21)37(34,35)29-25-27-17-28-36-25/h4-9,15,17-18H,2-3,10-14,16H2,1H3,(H,27,28,29)/t18-/m1/s1. The van der Waals surface area contributed by atoms with Gasteiger partial charge in [0.05, 0.1) is 4.90 Å². The molecule has 0 spiro atoms. The fraction of sp³-hybridized carbons (Fsp3) is 0.400. The molecule has 9 nitrogen and oxygen atoms in total. The van der Waals surface area contributed by atoms with Gasteiger partial charge in [-0.25, -0.2) is 13.4 Å². The molecule has 5 rings (SSSR count). The summed E-state index contributed by atoms with van der Waals surface area (Å²) in [6.07, 6.45) is 3.43. The van der Waals surface area contributed by atoms with Crippen molar-refractivity contribution >= 4 is 66.6 Å². The van der Waals surface area contributed by atoms with E-state index in [9.17, 15) is 13.2 Å². The van der Waals surface area contributed by atoms with E-state index >= 15 is 0 Å². The summed E-state index contributed by atoms with van der Waals surface area (Å²) in [5.41, 5.74) is 4.80. The number of aryl methyl sites for hydroxylation is 1. The van der Waals surface area contributed by atoms with Gasteiger partial charge >= 0.3 is 0 Å². The highest BCUT2D eigenvalue weighted by Gasteiger charge is 2.31. The minimum atomic E-state index is -3.71. The SMILES string of the molecule is C[C@H](C(=O)N1CCN(c2ccc(S(=O)(=O)Nc3ncns3)cc2)CC1)N1CCCc2cc(CI)ccc21. The Morgan fingerprint density at radius 3 is 2.54 bits per heavy atom. The van der Waals surface area contributed by atoms with Gasteiger partial charge in [0, 0.05) is 60.1 Å². The zero-order valence-electron chi connectivity index (χ0n) is 20.5. The number of carbonyl (C=O) groups is 1. The number of carbonyl (C=O) groups excluding carboxylic acids is 1. The van der Waals surface area contributed by atoms with Gasteiger partial charge in [0.25, 0.3) is 10.0 Å². The molecule has 0 aliphatic carbocycles. The Balaban J connectivity index is 1.19. The number of amides is 1. The van der Waals surface area contributed by atoms with E-state index < -0.39 is 10.0 Å². The van der Waals surface area contributed by atoms with Crippen molar-refractivity contribution in [3.8, 4) is 0 Å².